The van der Waals surface area contributed by atoms with Crippen molar-refractivity contribution in [3.63, 3.8) is 0 Å². The molecule has 16 heavy (non-hydrogen) atoms. The molecule has 1 N–H and O–H groups in total. The van der Waals surface area contributed by atoms with Crippen molar-refractivity contribution in [1.29, 1.82) is 0 Å². The van der Waals surface area contributed by atoms with Crippen LogP contribution in [-0.2, 0) is 9.59 Å². The summed E-state index contributed by atoms with van der Waals surface area (Å²) >= 11 is 0. The SMILES string of the molecule is CC1CCN(C(=O)C2CC2(C)C)C1C(=O)O. The number of carboxylic acids is 1. The van der Waals surface area contributed by atoms with Crippen LogP contribution in [0.1, 0.15) is 33.6 Å². The molecule has 0 bridgehead atoms. The Labute approximate surface area is 95.6 Å². The highest BCUT2D eigenvalue weighted by molar-refractivity contribution is 5.88. The lowest BCUT2D eigenvalue weighted by molar-refractivity contribution is -0.150. The molecule has 2 fully saturated rings. The van der Waals surface area contributed by atoms with Gasteiger partial charge >= 0.3 is 5.97 Å². The molecule has 90 valence electrons. The first-order chi connectivity index (χ1) is 7.34. The van der Waals surface area contributed by atoms with E-state index in [-0.39, 0.29) is 23.2 Å². The number of carboxylic acid groups (broad SMARTS) is 1. The van der Waals surface area contributed by atoms with Crippen LogP contribution in [0, 0.1) is 17.3 Å². The molecule has 0 radical (unpaired) electrons. The predicted molar refractivity (Wildman–Crippen MR) is 58.8 cm³/mol. The molecule has 3 atom stereocenters. The van der Waals surface area contributed by atoms with Crippen LogP contribution >= 0.6 is 0 Å². The van der Waals surface area contributed by atoms with Gasteiger partial charge in [-0.2, -0.15) is 0 Å². The van der Waals surface area contributed by atoms with E-state index in [9.17, 15) is 9.59 Å². The number of carbonyl (C=O) groups excluding carboxylic acids is 1. The Balaban J connectivity index is 2.10. The number of hydrogen-bond acceptors (Lipinski definition) is 2. The van der Waals surface area contributed by atoms with E-state index in [0.717, 1.165) is 12.8 Å². The van der Waals surface area contributed by atoms with E-state index >= 15 is 0 Å². The minimum absolute atomic E-state index is 0.0413. The molecule has 1 amide bonds. The Morgan fingerprint density at radius 3 is 2.38 bits per heavy atom. The van der Waals surface area contributed by atoms with Gasteiger partial charge in [0.2, 0.25) is 5.91 Å². The van der Waals surface area contributed by atoms with Crippen molar-refractivity contribution in [1.82, 2.24) is 4.90 Å². The summed E-state index contributed by atoms with van der Waals surface area (Å²) in [4.78, 5) is 24.9. The first-order valence-electron chi connectivity index (χ1n) is 5.88. The van der Waals surface area contributed by atoms with Crippen molar-refractivity contribution in [2.75, 3.05) is 6.54 Å². The molecule has 4 heteroatoms. The zero-order valence-corrected chi connectivity index (χ0v) is 10.1. The van der Waals surface area contributed by atoms with Gasteiger partial charge in [-0.1, -0.05) is 20.8 Å². The van der Waals surface area contributed by atoms with Crippen LogP contribution in [0.4, 0.5) is 0 Å². The van der Waals surface area contributed by atoms with Crippen molar-refractivity contribution in [3.05, 3.63) is 0 Å². The van der Waals surface area contributed by atoms with E-state index < -0.39 is 12.0 Å². The van der Waals surface area contributed by atoms with Crippen molar-refractivity contribution in [2.24, 2.45) is 17.3 Å². The molecule has 1 heterocycles. The minimum atomic E-state index is -0.864. The molecule has 1 aliphatic heterocycles. The fourth-order valence-corrected chi connectivity index (χ4v) is 2.66. The smallest absolute Gasteiger partial charge is 0.326 e. The average Bonchev–Trinajstić information content (AvgIpc) is 2.63. The standard InChI is InChI=1S/C12H19NO3/c1-7-4-5-13(9(7)11(15)16)10(14)8-6-12(8,2)3/h7-9H,4-6H2,1-3H3,(H,15,16). The summed E-state index contributed by atoms with van der Waals surface area (Å²) in [7, 11) is 0. The number of carbonyl (C=O) groups is 2. The fraction of sp³-hybridized carbons (Fsp3) is 0.833. The van der Waals surface area contributed by atoms with E-state index in [2.05, 4.69) is 13.8 Å². The Morgan fingerprint density at radius 1 is 1.38 bits per heavy atom. The summed E-state index contributed by atoms with van der Waals surface area (Å²) < 4.78 is 0. The Bertz CT molecular complexity index is 337. The zero-order valence-electron chi connectivity index (χ0n) is 10.1. The van der Waals surface area contributed by atoms with Gasteiger partial charge in [0.05, 0.1) is 0 Å². The number of aliphatic carboxylic acids is 1. The zero-order chi connectivity index (χ0) is 12.1. The Morgan fingerprint density at radius 2 is 1.94 bits per heavy atom. The normalized spacial score (nSPS) is 36.2. The molecule has 1 saturated carbocycles. The molecule has 2 rings (SSSR count). The van der Waals surface area contributed by atoms with Crippen molar-refractivity contribution in [2.45, 2.75) is 39.7 Å². The van der Waals surface area contributed by atoms with Crippen LogP contribution in [0.5, 0.6) is 0 Å². The second kappa shape index (κ2) is 3.47. The maximum absolute atomic E-state index is 12.1. The summed E-state index contributed by atoms with van der Waals surface area (Å²) in [5, 5.41) is 9.14. The van der Waals surface area contributed by atoms with Crippen LogP contribution in [0.2, 0.25) is 0 Å². The lowest BCUT2D eigenvalue weighted by Gasteiger charge is -2.24. The van der Waals surface area contributed by atoms with E-state index in [4.69, 9.17) is 5.11 Å². The van der Waals surface area contributed by atoms with E-state index in [1.807, 2.05) is 6.92 Å². The summed E-state index contributed by atoms with van der Waals surface area (Å²) in [5.41, 5.74) is 0.0754. The van der Waals surface area contributed by atoms with Gasteiger partial charge in [-0.3, -0.25) is 4.79 Å². The molecule has 0 aromatic rings. The van der Waals surface area contributed by atoms with Gasteiger partial charge in [0.25, 0.3) is 0 Å². The van der Waals surface area contributed by atoms with Crippen LogP contribution < -0.4 is 0 Å². The third-order valence-corrected chi connectivity index (χ3v) is 4.05. The number of amides is 1. The molecule has 0 aromatic carbocycles. The summed E-state index contributed by atoms with van der Waals surface area (Å²) in [6.45, 7) is 6.63. The third kappa shape index (κ3) is 1.70. The highest BCUT2D eigenvalue weighted by Crippen LogP contribution is 2.53. The van der Waals surface area contributed by atoms with Crippen LogP contribution in [-0.4, -0.2) is 34.5 Å². The van der Waals surface area contributed by atoms with Gasteiger partial charge in [0, 0.05) is 12.5 Å². The van der Waals surface area contributed by atoms with Crippen molar-refractivity contribution in [3.8, 4) is 0 Å². The summed E-state index contributed by atoms with van der Waals surface area (Å²) in [6.07, 6.45) is 1.69. The topological polar surface area (TPSA) is 57.6 Å². The number of hydrogen-bond donors (Lipinski definition) is 1. The average molecular weight is 225 g/mol. The first kappa shape index (κ1) is 11.4. The highest BCUT2D eigenvalue weighted by atomic mass is 16.4. The molecule has 4 nitrogen and oxygen atoms in total. The summed E-state index contributed by atoms with van der Waals surface area (Å²) in [5.74, 6) is -0.707. The van der Waals surface area contributed by atoms with Gasteiger partial charge in [0.15, 0.2) is 0 Å². The largest absolute Gasteiger partial charge is 0.480 e. The number of likely N-dealkylation sites (tertiary alicyclic amines) is 1. The molecule has 2 aliphatic rings. The monoisotopic (exact) mass is 225 g/mol. The number of nitrogens with zero attached hydrogens (tertiary/aromatic N) is 1. The molecule has 3 unspecified atom stereocenters. The van der Waals surface area contributed by atoms with Crippen LogP contribution in [0.25, 0.3) is 0 Å². The Kier molecular flexibility index (Phi) is 2.48. The molecular weight excluding hydrogens is 206 g/mol. The molecule has 0 aromatic heterocycles. The van der Waals surface area contributed by atoms with Crippen LogP contribution in [0.3, 0.4) is 0 Å². The molecular formula is C12H19NO3. The lowest BCUT2D eigenvalue weighted by atomic mass is 10.0. The second-order valence-electron chi connectivity index (χ2n) is 5.83. The molecule has 1 aliphatic carbocycles. The summed E-state index contributed by atoms with van der Waals surface area (Å²) in [6, 6.07) is -0.608. The van der Waals surface area contributed by atoms with E-state index in [1.165, 1.54) is 0 Å². The van der Waals surface area contributed by atoms with E-state index in [1.54, 1.807) is 4.90 Å². The van der Waals surface area contributed by atoms with Gasteiger partial charge in [-0.05, 0) is 24.2 Å². The predicted octanol–water partition coefficient (Wildman–Crippen LogP) is 1.35. The molecule has 1 saturated heterocycles. The lowest BCUT2D eigenvalue weighted by Crippen LogP contribution is -2.44. The van der Waals surface area contributed by atoms with Gasteiger partial charge in [0.1, 0.15) is 6.04 Å². The Hall–Kier alpha value is -1.06. The third-order valence-electron chi connectivity index (χ3n) is 4.05. The molecule has 0 spiro atoms. The first-order valence-corrected chi connectivity index (χ1v) is 5.88. The quantitative estimate of drug-likeness (QED) is 0.771. The minimum Gasteiger partial charge on any atom is -0.480 e. The van der Waals surface area contributed by atoms with Crippen molar-refractivity contribution >= 4 is 11.9 Å². The van der Waals surface area contributed by atoms with E-state index in [0.29, 0.717) is 6.54 Å². The van der Waals surface area contributed by atoms with Gasteiger partial charge in [-0.15, -0.1) is 0 Å². The van der Waals surface area contributed by atoms with Gasteiger partial charge in [-0.25, -0.2) is 4.79 Å². The number of rotatable bonds is 2. The van der Waals surface area contributed by atoms with Gasteiger partial charge < -0.3 is 10.0 Å². The second-order valence-corrected chi connectivity index (χ2v) is 5.83. The van der Waals surface area contributed by atoms with Crippen molar-refractivity contribution < 1.29 is 14.7 Å². The maximum Gasteiger partial charge on any atom is 0.326 e. The maximum atomic E-state index is 12.1. The van der Waals surface area contributed by atoms with Crippen LogP contribution in [0.15, 0.2) is 0 Å². The highest BCUT2D eigenvalue weighted by Gasteiger charge is 2.54. The fourth-order valence-electron chi connectivity index (χ4n) is 2.66.